The highest BCUT2D eigenvalue weighted by molar-refractivity contribution is 5.97. The number of benzene rings is 2. The Morgan fingerprint density at radius 1 is 1.08 bits per heavy atom. The standard InChI is InChI=1S/C39H47N7O2/c1-26(2)35-25-42-46-37(23-36(44-39(35)46)43-30-13-15-32(48-5)16-14-30)41-24-29-9-6-7-11-33(29)38-34-17-12-27(21-28(34)18-19-40-38)22-31(47)10-8-20-45(3)4/h6-12,17-19,21,23,25-26,30,32,41H,13-16,20,22,24H2,1-5H3,(H,43,44)/b10-8+. The van der Waals surface area contributed by atoms with E-state index in [4.69, 9.17) is 19.8 Å². The molecule has 0 aliphatic heterocycles. The Bertz CT molecular complexity index is 1900. The molecule has 0 bridgehead atoms. The smallest absolute Gasteiger partial charge is 0.163 e. The van der Waals surface area contributed by atoms with E-state index < -0.39 is 0 Å². The Morgan fingerprint density at radius 3 is 2.67 bits per heavy atom. The van der Waals surface area contributed by atoms with Crippen LogP contribution in [0, 0.1) is 0 Å². The minimum atomic E-state index is 0.0987. The van der Waals surface area contributed by atoms with Gasteiger partial charge in [0.1, 0.15) is 11.6 Å². The topological polar surface area (TPSA) is 96.7 Å². The largest absolute Gasteiger partial charge is 0.381 e. The molecule has 9 heteroatoms. The molecule has 3 aromatic heterocycles. The molecular formula is C39H47N7O2. The van der Waals surface area contributed by atoms with Crippen LogP contribution in [0.1, 0.15) is 62.1 Å². The molecule has 48 heavy (non-hydrogen) atoms. The fourth-order valence-electron chi connectivity index (χ4n) is 6.54. The number of pyridine rings is 1. The van der Waals surface area contributed by atoms with E-state index in [1.807, 2.05) is 54.1 Å². The first-order valence-corrected chi connectivity index (χ1v) is 17.0. The molecular weight excluding hydrogens is 598 g/mol. The van der Waals surface area contributed by atoms with E-state index in [1.165, 1.54) is 0 Å². The first kappa shape index (κ1) is 33.3. The quantitative estimate of drug-likeness (QED) is 0.129. The lowest BCUT2D eigenvalue weighted by molar-refractivity contribution is -0.114. The van der Waals surface area contributed by atoms with Gasteiger partial charge < -0.3 is 20.3 Å². The van der Waals surface area contributed by atoms with Gasteiger partial charge in [0, 0.05) is 61.4 Å². The van der Waals surface area contributed by atoms with Crippen molar-refractivity contribution in [2.45, 2.75) is 70.6 Å². The Kier molecular flexibility index (Phi) is 10.5. The molecule has 0 atom stereocenters. The number of anilines is 2. The molecule has 2 aromatic carbocycles. The summed E-state index contributed by atoms with van der Waals surface area (Å²) in [6, 6.07) is 19.1. The number of nitrogens with zero attached hydrogens (tertiary/aromatic N) is 5. The number of hydrogen-bond donors (Lipinski definition) is 2. The van der Waals surface area contributed by atoms with Gasteiger partial charge in [-0.2, -0.15) is 9.61 Å². The van der Waals surface area contributed by atoms with E-state index in [-0.39, 0.29) is 5.78 Å². The summed E-state index contributed by atoms with van der Waals surface area (Å²) in [6.07, 6.45) is 12.3. The van der Waals surface area contributed by atoms with Crippen molar-refractivity contribution in [3.8, 4) is 11.3 Å². The second kappa shape index (κ2) is 15.1. The number of allylic oxidation sites excluding steroid dienone is 1. The number of nitrogens with one attached hydrogen (secondary N) is 2. The van der Waals surface area contributed by atoms with Gasteiger partial charge >= 0.3 is 0 Å². The maximum atomic E-state index is 12.6. The van der Waals surface area contributed by atoms with Gasteiger partial charge in [0.05, 0.1) is 18.0 Å². The lowest BCUT2D eigenvalue weighted by Crippen LogP contribution is -2.29. The van der Waals surface area contributed by atoms with Gasteiger partial charge in [0.25, 0.3) is 0 Å². The van der Waals surface area contributed by atoms with Crippen molar-refractivity contribution in [2.24, 2.45) is 0 Å². The average molecular weight is 646 g/mol. The monoisotopic (exact) mass is 645 g/mol. The van der Waals surface area contributed by atoms with Crippen LogP contribution in [0.5, 0.6) is 0 Å². The van der Waals surface area contributed by atoms with Crippen molar-refractivity contribution >= 4 is 33.8 Å². The molecule has 0 spiro atoms. The summed E-state index contributed by atoms with van der Waals surface area (Å²) < 4.78 is 7.51. The van der Waals surface area contributed by atoms with Crippen LogP contribution in [0.4, 0.5) is 11.6 Å². The van der Waals surface area contributed by atoms with Crippen LogP contribution in [0.3, 0.4) is 0 Å². The summed E-state index contributed by atoms with van der Waals surface area (Å²) in [6.45, 7) is 5.67. The molecule has 2 N–H and O–H groups in total. The average Bonchev–Trinajstić information content (AvgIpc) is 3.52. The summed E-state index contributed by atoms with van der Waals surface area (Å²) >= 11 is 0. The number of aromatic nitrogens is 4. The lowest BCUT2D eigenvalue weighted by Gasteiger charge is -2.28. The van der Waals surface area contributed by atoms with E-state index in [0.29, 0.717) is 31.0 Å². The SMILES string of the molecule is COC1CCC(Nc2cc(NCc3ccccc3-c3nccc4cc(CC(=O)/C=C/CN(C)C)ccc34)n3ncc(C(C)C)c3n2)CC1. The van der Waals surface area contributed by atoms with E-state index in [2.05, 4.69) is 66.9 Å². The number of hydrogen-bond acceptors (Lipinski definition) is 8. The molecule has 1 aliphatic rings. The molecule has 0 amide bonds. The van der Waals surface area contributed by atoms with Crippen LogP contribution in [0.25, 0.3) is 27.7 Å². The number of fused-ring (bicyclic) bond motifs is 2. The zero-order chi connectivity index (χ0) is 33.6. The van der Waals surface area contributed by atoms with Crippen molar-refractivity contribution < 1.29 is 9.53 Å². The van der Waals surface area contributed by atoms with Crippen molar-refractivity contribution in [3.63, 3.8) is 0 Å². The van der Waals surface area contributed by atoms with Gasteiger partial charge in [-0.1, -0.05) is 62.4 Å². The van der Waals surface area contributed by atoms with Crippen LogP contribution < -0.4 is 10.6 Å². The normalized spacial score (nSPS) is 16.8. The van der Waals surface area contributed by atoms with Gasteiger partial charge in [-0.25, -0.2) is 4.98 Å². The molecule has 5 aromatic rings. The third-order valence-electron chi connectivity index (χ3n) is 9.19. The van der Waals surface area contributed by atoms with E-state index >= 15 is 0 Å². The highest BCUT2D eigenvalue weighted by Crippen LogP contribution is 2.32. The fraction of sp³-hybridized carbons (Fsp3) is 0.385. The highest BCUT2D eigenvalue weighted by atomic mass is 16.5. The number of carbonyl (C=O) groups excluding carboxylic acids is 1. The van der Waals surface area contributed by atoms with Gasteiger partial charge in [-0.05, 0) is 74.4 Å². The molecule has 1 saturated carbocycles. The maximum absolute atomic E-state index is 12.6. The molecule has 0 saturated heterocycles. The zero-order valence-corrected chi connectivity index (χ0v) is 28.7. The van der Waals surface area contributed by atoms with Crippen LogP contribution in [-0.2, 0) is 22.5 Å². The Hall–Kier alpha value is -4.60. The Labute approximate surface area is 283 Å². The zero-order valence-electron chi connectivity index (χ0n) is 28.7. The first-order chi connectivity index (χ1) is 23.3. The van der Waals surface area contributed by atoms with Crippen LogP contribution in [0.2, 0.25) is 0 Å². The van der Waals surface area contributed by atoms with Gasteiger partial charge in [0.2, 0.25) is 0 Å². The van der Waals surface area contributed by atoms with Crippen molar-refractivity contribution in [1.82, 2.24) is 24.5 Å². The predicted octanol–water partition coefficient (Wildman–Crippen LogP) is 7.28. The number of likely N-dealkylation sites (N-methyl/N-ethyl adjacent to an activating group) is 1. The lowest BCUT2D eigenvalue weighted by atomic mass is 9.93. The molecule has 1 aliphatic carbocycles. The van der Waals surface area contributed by atoms with E-state index in [9.17, 15) is 4.79 Å². The summed E-state index contributed by atoms with van der Waals surface area (Å²) in [7, 11) is 5.78. The number of carbonyl (C=O) groups is 1. The fourth-order valence-corrected chi connectivity index (χ4v) is 6.54. The Balaban J connectivity index is 1.25. The third kappa shape index (κ3) is 7.75. The summed E-state index contributed by atoms with van der Waals surface area (Å²) in [5.41, 5.74) is 6.09. The predicted molar refractivity (Wildman–Crippen MR) is 195 cm³/mol. The second-order valence-corrected chi connectivity index (χ2v) is 13.4. The molecule has 0 unspecified atom stereocenters. The molecule has 6 rings (SSSR count). The minimum absolute atomic E-state index is 0.0987. The second-order valence-electron chi connectivity index (χ2n) is 13.4. The van der Waals surface area contributed by atoms with Crippen LogP contribution in [-0.4, -0.2) is 70.2 Å². The van der Waals surface area contributed by atoms with E-state index in [0.717, 1.165) is 88.2 Å². The summed E-state index contributed by atoms with van der Waals surface area (Å²) in [5.74, 6) is 2.14. The van der Waals surface area contributed by atoms with Crippen molar-refractivity contribution in [3.05, 3.63) is 95.8 Å². The first-order valence-electron chi connectivity index (χ1n) is 17.0. The third-order valence-corrected chi connectivity index (χ3v) is 9.19. The van der Waals surface area contributed by atoms with Gasteiger partial charge in [-0.15, -0.1) is 0 Å². The van der Waals surface area contributed by atoms with Crippen LogP contribution in [0.15, 0.2) is 79.1 Å². The molecule has 3 heterocycles. The molecule has 1 fully saturated rings. The molecule has 250 valence electrons. The van der Waals surface area contributed by atoms with E-state index in [1.54, 1.807) is 13.2 Å². The van der Waals surface area contributed by atoms with Crippen molar-refractivity contribution in [2.75, 3.05) is 38.4 Å². The van der Waals surface area contributed by atoms with Crippen LogP contribution >= 0.6 is 0 Å². The number of ether oxygens (including phenoxy) is 1. The molecule has 0 radical (unpaired) electrons. The van der Waals surface area contributed by atoms with Crippen molar-refractivity contribution in [1.29, 1.82) is 0 Å². The highest BCUT2D eigenvalue weighted by Gasteiger charge is 2.22. The maximum Gasteiger partial charge on any atom is 0.163 e. The Morgan fingerprint density at radius 2 is 1.90 bits per heavy atom. The minimum Gasteiger partial charge on any atom is -0.381 e. The number of rotatable bonds is 13. The van der Waals surface area contributed by atoms with Gasteiger partial charge in [0.15, 0.2) is 11.4 Å². The molecule has 9 nitrogen and oxygen atoms in total. The summed E-state index contributed by atoms with van der Waals surface area (Å²) in [5, 5.41) is 14.3. The number of ketones is 1. The summed E-state index contributed by atoms with van der Waals surface area (Å²) in [4.78, 5) is 24.5. The number of methoxy groups -OCH3 is 1. The van der Waals surface area contributed by atoms with Gasteiger partial charge in [-0.3, -0.25) is 9.78 Å².